The second-order valence-electron chi connectivity index (χ2n) is 5.29. The van der Waals surface area contributed by atoms with Crippen molar-refractivity contribution < 1.29 is 4.74 Å². The third-order valence-electron chi connectivity index (χ3n) is 4.26. The summed E-state index contributed by atoms with van der Waals surface area (Å²) in [4.78, 5) is 0. The summed E-state index contributed by atoms with van der Waals surface area (Å²) in [7, 11) is 0. The van der Waals surface area contributed by atoms with Crippen molar-refractivity contribution >= 4 is 0 Å². The van der Waals surface area contributed by atoms with E-state index in [1.54, 1.807) is 0 Å². The van der Waals surface area contributed by atoms with Gasteiger partial charge in [-0.05, 0) is 50.9 Å². The summed E-state index contributed by atoms with van der Waals surface area (Å²) in [6, 6.07) is 0. The van der Waals surface area contributed by atoms with Gasteiger partial charge in [0.15, 0.2) is 0 Å². The molecule has 0 spiro atoms. The molecule has 0 radical (unpaired) electrons. The first-order chi connectivity index (χ1) is 6.79. The van der Waals surface area contributed by atoms with Crippen molar-refractivity contribution in [2.45, 2.75) is 58.5 Å². The zero-order valence-electron chi connectivity index (χ0n) is 9.67. The number of hydrogen-bond acceptors (Lipinski definition) is 1. The first-order valence-corrected chi connectivity index (χ1v) is 6.41. The first-order valence-electron chi connectivity index (χ1n) is 6.41. The molecule has 0 saturated heterocycles. The van der Waals surface area contributed by atoms with E-state index >= 15 is 0 Å². The van der Waals surface area contributed by atoms with Gasteiger partial charge in [-0.3, -0.25) is 0 Å². The highest BCUT2D eigenvalue weighted by molar-refractivity contribution is 4.85. The quantitative estimate of drug-likeness (QED) is 0.670. The van der Waals surface area contributed by atoms with E-state index in [4.69, 9.17) is 4.74 Å². The fraction of sp³-hybridized carbons (Fsp3) is 1.00. The molecule has 2 saturated carbocycles. The third-order valence-corrected chi connectivity index (χ3v) is 4.26. The van der Waals surface area contributed by atoms with Gasteiger partial charge in [0.1, 0.15) is 0 Å². The van der Waals surface area contributed by atoms with Gasteiger partial charge in [-0.15, -0.1) is 0 Å². The molecule has 2 fully saturated rings. The van der Waals surface area contributed by atoms with E-state index in [1.807, 2.05) is 0 Å². The van der Waals surface area contributed by atoms with Crippen LogP contribution in [0.2, 0.25) is 0 Å². The molecule has 0 aromatic rings. The molecule has 2 bridgehead atoms. The van der Waals surface area contributed by atoms with Gasteiger partial charge >= 0.3 is 0 Å². The average molecular weight is 196 g/mol. The van der Waals surface area contributed by atoms with Gasteiger partial charge in [0.25, 0.3) is 0 Å². The minimum atomic E-state index is 0.503. The molecule has 3 unspecified atom stereocenters. The molecule has 2 aliphatic carbocycles. The number of hydrogen-bond donors (Lipinski definition) is 0. The van der Waals surface area contributed by atoms with Crippen molar-refractivity contribution in [3.05, 3.63) is 0 Å². The summed E-state index contributed by atoms with van der Waals surface area (Å²) < 4.78 is 5.75. The Morgan fingerprint density at radius 2 is 1.79 bits per heavy atom. The lowest BCUT2D eigenvalue weighted by atomic mass is 9.67. The zero-order chi connectivity index (χ0) is 9.97. The molecule has 0 aromatic heterocycles. The molecule has 0 amide bonds. The van der Waals surface area contributed by atoms with Crippen LogP contribution in [0, 0.1) is 17.8 Å². The highest BCUT2D eigenvalue weighted by Gasteiger charge is 2.34. The Morgan fingerprint density at radius 1 is 1.14 bits per heavy atom. The van der Waals surface area contributed by atoms with E-state index < -0.39 is 0 Å². The Kier molecular flexibility index (Phi) is 3.48. The molecule has 0 aromatic carbocycles. The molecule has 82 valence electrons. The Hall–Kier alpha value is -0.0400. The van der Waals surface area contributed by atoms with Crippen molar-refractivity contribution in [1.82, 2.24) is 0 Å². The van der Waals surface area contributed by atoms with E-state index in [0.717, 1.165) is 24.4 Å². The van der Waals surface area contributed by atoms with Crippen molar-refractivity contribution in [3.8, 4) is 0 Å². The number of ether oxygens (including phenoxy) is 1. The average Bonchev–Trinajstić information content (AvgIpc) is 2.17. The summed E-state index contributed by atoms with van der Waals surface area (Å²) in [5.41, 5.74) is 0. The Balaban J connectivity index is 1.88. The molecule has 14 heavy (non-hydrogen) atoms. The molecule has 2 rings (SSSR count). The van der Waals surface area contributed by atoms with Crippen LogP contribution in [0.25, 0.3) is 0 Å². The van der Waals surface area contributed by atoms with Crippen LogP contribution in [-0.2, 0) is 4.74 Å². The Morgan fingerprint density at radius 3 is 2.36 bits per heavy atom. The highest BCUT2D eigenvalue weighted by atomic mass is 16.5. The van der Waals surface area contributed by atoms with Crippen LogP contribution < -0.4 is 0 Å². The summed E-state index contributed by atoms with van der Waals surface area (Å²) in [6.07, 6.45) is 9.39. The molecule has 0 heterocycles. The van der Waals surface area contributed by atoms with Crippen molar-refractivity contribution in [1.29, 1.82) is 0 Å². The monoisotopic (exact) mass is 196 g/mol. The predicted molar refractivity (Wildman–Crippen MR) is 59.3 cm³/mol. The van der Waals surface area contributed by atoms with Crippen molar-refractivity contribution in [2.75, 3.05) is 6.61 Å². The third kappa shape index (κ3) is 2.31. The molecule has 1 heteroatoms. The molecule has 3 atom stereocenters. The van der Waals surface area contributed by atoms with Crippen LogP contribution in [0.3, 0.4) is 0 Å². The first kappa shape index (κ1) is 10.5. The summed E-state index contributed by atoms with van der Waals surface area (Å²) in [5, 5.41) is 0. The number of rotatable bonds is 3. The van der Waals surface area contributed by atoms with Crippen LogP contribution in [0.5, 0.6) is 0 Å². The van der Waals surface area contributed by atoms with Crippen LogP contribution >= 0.6 is 0 Å². The molecular weight excluding hydrogens is 172 g/mol. The molecular formula is C13H24O. The van der Waals surface area contributed by atoms with Gasteiger partial charge in [0.2, 0.25) is 0 Å². The van der Waals surface area contributed by atoms with E-state index in [0.29, 0.717) is 6.10 Å². The summed E-state index contributed by atoms with van der Waals surface area (Å²) in [5.74, 6) is 2.94. The molecule has 0 aliphatic heterocycles. The Bertz CT molecular complexity index is 166. The lowest BCUT2D eigenvalue weighted by Crippen LogP contribution is -2.33. The topological polar surface area (TPSA) is 9.23 Å². The maximum absolute atomic E-state index is 5.75. The van der Waals surface area contributed by atoms with Crippen LogP contribution in [0.15, 0.2) is 0 Å². The minimum Gasteiger partial charge on any atom is -0.379 e. The van der Waals surface area contributed by atoms with Crippen molar-refractivity contribution in [3.63, 3.8) is 0 Å². The minimum absolute atomic E-state index is 0.503. The maximum atomic E-state index is 5.75. The second-order valence-corrected chi connectivity index (χ2v) is 5.29. The van der Waals surface area contributed by atoms with Gasteiger partial charge < -0.3 is 4.74 Å². The lowest BCUT2D eigenvalue weighted by Gasteiger charge is -2.41. The molecule has 2 aliphatic rings. The van der Waals surface area contributed by atoms with Crippen molar-refractivity contribution in [2.24, 2.45) is 17.8 Å². The summed E-state index contributed by atoms with van der Waals surface area (Å²) >= 11 is 0. The van der Waals surface area contributed by atoms with Gasteiger partial charge in [0.05, 0.1) is 6.10 Å². The van der Waals surface area contributed by atoms with Gasteiger partial charge in [0, 0.05) is 6.61 Å². The maximum Gasteiger partial charge on any atom is 0.0575 e. The summed E-state index contributed by atoms with van der Waals surface area (Å²) in [6.45, 7) is 5.27. The van der Waals surface area contributed by atoms with E-state index in [1.165, 1.54) is 38.5 Å². The van der Waals surface area contributed by atoms with E-state index in [9.17, 15) is 0 Å². The van der Waals surface area contributed by atoms with Crippen LogP contribution in [0.1, 0.15) is 52.4 Å². The largest absolute Gasteiger partial charge is 0.379 e. The smallest absolute Gasteiger partial charge is 0.0575 e. The van der Waals surface area contributed by atoms with Gasteiger partial charge in [-0.1, -0.05) is 19.3 Å². The normalized spacial score (nSPS) is 39.4. The van der Waals surface area contributed by atoms with Gasteiger partial charge in [-0.2, -0.15) is 0 Å². The molecule has 0 N–H and O–H groups in total. The zero-order valence-corrected chi connectivity index (χ0v) is 9.67. The second kappa shape index (κ2) is 4.65. The fourth-order valence-electron chi connectivity index (χ4n) is 3.57. The number of fused-ring (bicyclic) bond motifs is 2. The van der Waals surface area contributed by atoms with E-state index in [2.05, 4.69) is 13.8 Å². The van der Waals surface area contributed by atoms with E-state index in [-0.39, 0.29) is 0 Å². The van der Waals surface area contributed by atoms with Gasteiger partial charge in [-0.25, -0.2) is 0 Å². The lowest BCUT2D eigenvalue weighted by molar-refractivity contribution is -0.00854. The SMILES string of the molecule is CCOC(C)C1CC2CCCC(C2)C1. The van der Waals surface area contributed by atoms with Crippen LogP contribution in [-0.4, -0.2) is 12.7 Å². The fourth-order valence-corrected chi connectivity index (χ4v) is 3.57. The van der Waals surface area contributed by atoms with Crippen LogP contribution in [0.4, 0.5) is 0 Å². The predicted octanol–water partition coefficient (Wildman–Crippen LogP) is 3.63. The Labute approximate surface area is 88.2 Å². The highest BCUT2D eigenvalue weighted by Crippen LogP contribution is 2.43. The molecule has 1 nitrogen and oxygen atoms in total. The standard InChI is InChI=1S/C13H24O/c1-3-14-10(2)13-8-11-5-4-6-12(7-11)9-13/h10-13H,3-9H2,1-2H3.